The number of nitrogens with one attached hydrogen (secondary N) is 1. The Kier molecular flexibility index (Phi) is 10.1. The zero-order valence-corrected chi connectivity index (χ0v) is 15.4. The fraction of sp³-hybridized carbons (Fsp3) is 0.550. The van der Waals surface area contributed by atoms with Gasteiger partial charge in [-0.15, -0.1) is 0 Å². The normalized spacial score (nSPS) is 10.5. The molecule has 0 saturated carbocycles. The quantitative estimate of drug-likeness (QED) is 0.431. The Balaban J connectivity index is 2.32. The van der Waals surface area contributed by atoms with E-state index >= 15 is 0 Å². The molecule has 144 valence electrons. The fourth-order valence-corrected chi connectivity index (χ4v) is 2.81. The second kappa shape index (κ2) is 12.1. The third kappa shape index (κ3) is 8.14. The number of carbonyl (C=O) groups is 3. The van der Waals surface area contributed by atoms with E-state index in [9.17, 15) is 14.4 Å². The number of aromatic carboxylic acids is 2. The van der Waals surface area contributed by atoms with Gasteiger partial charge in [-0.25, -0.2) is 9.59 Å². The van der Waals surface area contributed by atoms with Crippen LogP contribution in [0, 0.1) is 0 Å². The van der Waals surface area contributed by atoms with E-state index in [0.29, 0.717) is 12.1 Å². The van der Waals surface area contributed by atoms with Gasteiger partial charge >= 0.3 is 11.9 Å². The summed E-state index contributed by atoms with van der Waals surface area (Å²) < 4.78 is 0. The Labute approximate surface area is 154 Å². The van der Waals surface area contributed by atoms with Crippen LogP contribution in [0.4, 0.5) is 5.69 Å². The van der Waals surface area contributed by atoms with Crippen LogP contribution in [0.3, 0.4) is 0 Å². The van der Waals surface area contributed by atoms with Crippen LogP contribution < -0.4 is 5.32 Å². The van der Waals surface area contributed by atoms with Crippen molar-refractivity contribution < 1.29 is 24.6 Å². The van der Waals surface area contributed by atoms with Gasteiger partial charge in [0.25, 0.3) is 0 Å². The lowest BCUT2D eigenvalue weighted by molar-refractivity contribution is -0.116. The van der Waals surface area contributed by atoms with Gasteiger partial charge in [0.15, 0.2) is 0 Å². The third-order valence-corrected chi connectivity index (χ3v) is 4.27. The second-order valence-electron chi connectivity index (χ2n) is 6.50. The molecule has 1 amide bonds. The Hall–Kier alpha value is -2.37. The van der Waals surface area contributed by atoms with Gasteiger partial charge in [0, 0.05) is 12.1 Å². The summed E-state index contributed by atoms with van der Waals surface area (Å²) in [5.74, 6) is -2.83. The smallest absolute Gasteiger partial charge is 0.336 e. The molecule has 6 heteroatoms. The summed E-state index contributed by atoms with van der Waals surface area (Å²) in [5, 5.41) is 20.7. The molecule has 1 rings (SSSR count). The van der Waals surface area contributed by atoms with Crippen molar-refractivity contribution in [1.82, 2.24) is 0 Å². The standard InChI is InChI=1S/C20H29NO5/c1-2-3-4-5-6-7-8-9-10-11-18(22)21-15-12-13-16(19(23)24)17(14-15)20(25)26/h12-14H,2-11H2,1H3,(H,21,22)(H,23,24)(H,25,26). The Morgan fingerprint density at radius 3 is 1.88 bits per heavy atom. The number of anilines is 1. The van der Waals surface area contributed by atoms with Crippen molar-refractivity contribution in [3.05, 3.63) is 29.3 Å². The van der Waals surface area contributed by atoms with Crippen molar-refractivity contribution >= 4 is 23.5 Å². The lowest BCUT2D eigenvalue weighted by Crippen LogP contribution is -2.13. The van der Waals surface area contributed by atoms with Crippen LogP contribution in [0.1, 0.15) is 91.8 Å². The molecule has 1 aromatic rings. The van der Waals surface area contributed by atoms with Gasteiger partial charge in [0.05, 0.1) is 11.1 Å². The lowest BCUT2D eigenvalue weighted by Gasteiger charge is -2.08. The van der Waals surface area contributed by atoms with Crippen LogP contribution in [0.5, 0.6) is 0 Å². The minimum absolute atomic E-state index is 0.188. The maximum absolute atomic E-state index is 11.9. The second-order valence-corrected chi connectivity index (χ2v) is 6.50. The SMILES string of the molecule is CCCCCCCCCCCC(=O)Nc1ccc(C(=O)O)c(C(=O)O)c1. The lowest BCUT2D eigenvalue weighted by atomic mass is 10.1. The van der Waals surface area contributed by atoms with E-state index in [1.807, 2.05) is 0 Å². The van der Waals surface area contributed by atoms with Crippen molar-refractivity contribution in [2.75, 3.05) is 5.32 Å². The first kappa shape index (κ1) is 21.7. The first-order chi connectivity index (χ1) is 12.5. The number of benzene rings is 1. The average molecular weight is 363 g/mol. The summed E-state index contributed by atoms with van der Waals surface area (Å²) in [6, 6.07) is 3.78. The van der Waals surface area contributed by atoms with E-state index in [-0.39, 0.29) is 17.0 Å². The van der Waals surface area contributed by atoms with Gasteiger partial charge in [0.1, 0.15) is 0 Å². The maximum Gasteiger partial charge on any atom is 0.336 e. The molecule has 1 aromatic carbocycles. The summed E-state index contributed by atoms with van der Waals surface area (Å²) >= 11 is 0. The molecule has 0 atom stereocenters. The molecule has 0 aliphatic rings. The maximum atomic E-state index is 11.9. The van der Waals surface area contributed by atoms with Gasteiger partial charge in [-0.3, -0.25) is 4.79 Å². The van der Waals surface area contributed by atoms with Crippen molar-refractivity contribution in [1.29, 1.82) is 0 Å². The summed E-state index contributed by atoms with van der Waals surface area (Å²) in [7, 11) is 0. The molecule has 0 radical (unpaired) electrons. The number of carbonyl (C=O) groups excluding carboxylic acids is 1. The van der Waals surface area contributed by atoms with Crippen molar-refractivity contribution in [2.24, 2.45) is 0 Å². The largest absolute Gasteiger partial charge is 0.478 e. The molecule has 0 fully saturated rings. The van der Waals surface area contributed by atoms with Crippen LogP contribution >= 0.6 is 0 Å². The summed E-state index contributed by atoms with van der Waals surface area (Å²) in [5.41, 5.74) is -0.332. The van der Waals surface area contributed by atoms with Gasteiger partial charge < -0.3 is 15.5 Å². The fourth-order valence-electron chi connectivity index (χ4n) is 2.81. The molecule has 0 saturated heterocycles. The Morgan fingerprint density at radius 1 is 0.808 bits per heavy atom. The molecule has 0 bridgehead atoms. The molecule has 0 unspecified atom stereocenters. The van der Waals surface area contributed by atoms with Crippen molar-refractivity contribution in [2.45, 2.75) is 71.1 Å². The van der Waals surface area contributed by atoms with E-state index in [1.165, 1.54) is 56.7 Å². The average Bonchev–Trinajstić information content (AvgIpc) is 2.60. The van der Waals surface area contributed by atoms with E-state index < -0.39 is 11.9 Å². The zero-order chi connectivity index (χ0) is 19.4. The number of unbranched alkanes of at least 4 members (excludes halogenated alkanes) is 8. The molecule has 0 aromatic heterocycles. The summed E-state index contributed by atoms with van der Waals surface area (Å²) in [6.07, 6.45) is 10.9. The first-order valence-electron chi connectivity index (χ1n) is 9.36. The number of hydrogen-bond acceptors (Lipinski definition) is 3. The van der Waals surface area contributed by atoms with E-state index in [1.54, 1.807) is 0 Å². The Morgan fingerprint density at radius 2 is 1.35 bits per heavy atom. The number of amides is 1. The summed E-state index contributed by atoms with van der Waals surface area (Å²) in [6.45, 7) is 2.20. The molecule has 3 N–H and O–H groups in total. The highest BCUT2D eigenvalue weighted by Crippen LogP contribution is 2.17. The van der Waals surface area contributed by atoms with E-state index in [2.05, 4.69) is 12.2 Å². The van der Waals surface area contributed by atoms with Gasteiger partial charge in [-0.1, -0.05) is 58.3 Å². The topological polar surface area (TPSA) is 104 Å². The number of rotatable bonds is 13. The van der Waals surface area contributed by atoms with Crippen LogP contribution in [0.15, 0.2) is 18.2 Å². The van der Waals surface area contributed by atoms with Gasteiger partial charge in [0.2, 0.25) is 5.91 Å². The van der Waals surface area contributed by atoms with Crippen LogP contribution in [-0.2, 0) is 4.79 Å². The van der Waals surface area contributed by atoms with E-state index in [4.69, 9.17) is 10.2 Å². The molecule has 6 nitrogen and oxygen atoms in total. The van der Waals surface area contributed by atoms with Crippen molar-refractivity contribution in [3.8, 4) is 0 Å². The van der Waals surface area contributed by atoms with Crippen LogP contribution in [0.25, 0.3) is 0 Å². The van der Waals surface area contributed by atoms with Crippen molar-refractivity contribution in [3.63, 3.8) is 0 Å². The highest BCUT2D eigenvalue weighted by molar-refractivity contribution is 6.03. The highest BCUT2D eigenvalue weighted by atomic mass is 16.4. The Bertz CT molecular complexity index is 612. The molecule has 0 heterocycles. The highest BCUT2D eigenvalue weighted by Gasteiger charge is 2.16. The van der Waals surface area contributed by atoms with Crippen LogP contribution in [0.2, 0.25) is 0 Å². The summed E-state index contributed by atoms with van der Waals surface area (Å²) in [4.78, 5) is 34.1. The molecule has 26 heavy (non-hydrogen) atoms. The molecule has 0 aliphatic heterocycles. The predicted molar refractivity (Wildman–Crippen MR) is 101 cm³/mol. The van der Waals surface area contributed by atoms with E-state index in [0.717, 1.165) is 19.3 Å². The molecule has 0 spiro atoms. The number of carboxylic acids is 2. The van der Waals surface area contributed by atoms with Gasteiger partial charge in [-0.2, -0.15) is 0 Å². The number of hydrogen-bond donors (Lipinski definition) is 3. The van der Waals surface area contributed by atoms with Crippen LogP contribution in [-0.4, -0.2) is 28.1 Å². The predicted octanol–water partition coefficient (Wildman–Crippen LogP) is 4.94. The molecular weight excluding hydrogens is 334 g/mol. The van der Waals surface area contributed by atoms with Gasteiger partial charge in [-0.05, 0) is 24.6 Å². The first-order valence-corrected chi connectivity index (χ1v) is 9.36. The third-order valence-electron chi connectivity index (χ3n) is 4.27. The molecule has 0 aliphatic carbocycles. The monoisotopic (exact) mass is 363 g/mol. The minimum Gasteiger partial charge on any atom is -0.478 e. The zero-order valence-electron chi connectivity index (χ0n) is 15.4. The molecular formula is C20H29NO5. The minimum atomic E-state index is -1.34. The number of carboxylic acid groups (broad SMARTS) is 2.